The van der Waals surface area contributed by atoms with Crippen LogP contribution in [0.3, 0.4) is 0 Å². The van der Waals surface area contributed by atoms with Gasteiger partial charge in [-0.3, -0.25) is 9.59 Å². The van der Waals surface area contributed by atoms with Crippen LogP contribution in [0.25, 0.3) is 0 Å². The SMILES string of the molecule is CNC(=O)CCC(=O)c1ccc(C2CCCCC2)cc1. The van der Waals surface area contributed by atoms with Crippen molar-refractivity contribution in [2.45, 2.75) is 50.9 Å². The molecule has 1 saturated carbocycles. The van der Waals surface area contributed by atoms with Crippen molar-refractivity contribution in [3.8, 4) is 0 Å². The second-order valence-corrected chi connectivity index (χ2v) is 5.55. The minimum atomic E-state index is -0.0859. The Kier molecular flexibility index (Phi) is 5.33. The van der Waals surface area contributed by atoms with Gasteiger partial charge in [0.15, 0.2) is 5.78 Å². The zero-order valence-electron chi connectivity index (χ0n) is 12.2. The molecular formula is C17H23NO2. The maximum atomic E-state index is 12.0. The molecule has 1 aliphatic rings. The van der Waals surface area contributed by atoms with Crippen molar-refractivity contribution in [1.29, 1.82) is 0 Å². The molecule has 0 aromatic heterocycles. The standard InChI is InChI=1S/C17H23NO2/c1-18-17(20)12-11-16(19)15-9-7-14(8-10-15)13-5-3-2-4-6-13/h7-10,13H,2-6,11-12H2,1H3,(H,18,20). The van der Waals surface area contributed by atoms with Crippen molar-refractivity contribution in [2.24, 2.45) is 0 Å². The number of carbonyl (C=O) groups excluding carboxylic acids is 2. The molecule has 3 nitrogen and oxygen atoms in total. The molecule has 0 spiro atoms. The van der Waals surface area contributed by atoms with Gasteiger partial charge in [-0.1, -0.05) is 43.5 Å². The summed E-state index contributed by atoms with van der Waals surface area (Å²) < 4.78 is 0. The summed E-state index contributed by atoms with van der Waals surface area (Å²) in [5, 5.41) is 2.53. The van der Waals surface area contributed by atoms with Gasteiger partial charge in [-0.2, -0.15) is 0 Å². The van der Waals surface area contributed by atoms with Crippen molar-refractivity contribution in [3.05, 3.63) is 35.4 Å². The van der Waals surface area contributed by atoms with Gasteiger partial charge in [0.1, 0.15) is 0 Å². The fourth-order valence-electron chi connectivity index (χ4n) is 2.87. The molecule has 0 atom stereocenters. The van der Waals surface area contributed by atoms with E-state index in [1.165, 1.54) is 37.7 Å². The number of rotatable bonds is 5. The number of hydrogen-bond acceptors (Lipinski definition) is 2. The van der Waals surface area contributed by atoms with Crippen molar-refractivity contribution in [2.75, 3.05) is 7.05 Å². The first kappa shape index (κ1) is 14.8. The minimum Gasteiger partial charge on any atom is -0.359 e. The number of nitrogens with one attached hydrogen (secondary N) is 1. The van der Waals surface area contributed by atoms with E-state index in [0.717, 1.165) is 0 Å². The van der Waals surface area contributed by atoms with E-state index in [2.05, 4.69) is 17.4 Å². The number of ketones is 1. The Morgan fingerprint density at radius 1 is 1.05 bits per heavy atom. The summed E-state index contributed by atoms with van der Waals surface area (Å²) in [6.45, 7) is 0. The third-order valence-electron chi connectivity index (χ3n) is 4.17. The van der Waals surface area contributed by atoms with E-state index in [1.54, 1.807) is 7.05 Å². The van der Waals surface area contributed by atoms with Gasteiger partial charge in [0.2, 0.25) is 5.91 Å². The monoisotopic (exact) mass is 273 g/mol. The second-order valence-electron chi connectivity index (χ2n) is 5.55. The van der Waals surface area contributed by atoms with Crippen LogP contribution >= 0.6 is 0 Å². The number of Topliss-reactive ketones (excluding diaryl/α,β-unsaturated/α-hetero) is 1. The maximum absolute atomic E-state index is 12.0. The molecule has 1 aromatic rings. The van der Waals surface area contributed by atoms with Crippen LogP contribution in [-0.2, 0) is 4.79 Å². The topological polar surface area (TPSA) is 46.2 Å². The zero-order valence-corrected chi connectivity index (χ0v) is 12.2. The van der Waals surface area contributed by atoms with Gasteiger partial charge in [-0.15, -0.1) is 0 Å². The molecule has 1 aromatic carbocycles. The molecular weight excluding hydrogens is 250 g/mol. The van der Waals surface area contributed by atoms with Crippen LogP contribution in [0.15, 0.2) is 24.3 Å². The quantitative estimate of drug-likeness (QED) is 0.835. The Hall–Kier alpha value is -1.64. The fraction of sp³-hybridized carbons (Fsp3) is 0.529. The van der Waals surface area contributed by atoms with Crippen molar-refractivity contribution >= 4 is 11.7 Å². The normalized spacial score (nSPS) is 15.8. The van der Waals surface area contributed by atoms with Crippen molar-refractivity contribution in [1.82, 2.24) is 5.32 Å². The van der Waals surface area contributed by atoms with Gasteiger partial charge in [0.25, 0.3) is 0 Å². The number of amides is 1. The summed E-state index contributed by atoms with van der Waals surface area (Å²) in [5.41, 5.74) is 2.07. The molecule has 0 bridgehead atoms. The van der Waals surface area contributed by atoms with E-state index in [4.69, 9.17) is 0 Å². The molecule has 3 heteroatoms. The Balaban J connectivity index is 1.93. The smallest absolute Gasteiger partial charge is 0.220 e. The van der Waals surface area contributed by atoms with E-state index >= 15 is 0 Å². The van der Waals surface area contributed by atoms with E-state index in [-0.39, 0.29) is 24.5 Å². The largest absolute Gasteiger partial charge is 0.359 e. The Labute approximate surface area is 120 Å². The minimum absolute atomic E-state index is 0.0452. The summed E-state index contributed by atoms with van der Waals surface area (Å²) in [7, 11) is 1.59. The van der Waals surface area contributed by atoms with Gasteiger partial charge in [0, 0.05) is 25.5 Å². The lowest BCUT2D eigenvalue weighted by Crippen LogP contribution is -2.18. The molecule has 1 N–H and O–H groups in total. The second kappa shape index (κ2) is 7.22. The zero-order chi connectivity index (χ0) is 14.4. The van der Waals surface area contributed by atoms with Crippen LogP contribution in [0.1, 0.15) is 66.8 Å². The highest BCUT2D eigenvalue weighted by Crippen LogP contribution is 2.32. The third kappa shape index (κ3) is 3.92. The predicted octanol–water partition coefficient (Wildman–Crippen LogP) is 3.44. The fourth-order valence-corrected chi connectivity index (χ4v) is 2.87. The Morgan fingerprint density at radius 3 is 2.30 bits per heavy atom. The van der Waals surface area contributed by atoms with Crippen LogP contribution in [0.4, 0.5) is 0 Å². The van der Waals surface area contributed by atoms with E-state index < -0.39 is 0 Å². The van der Waals surface area contributed by atoms with Crippen LogP contribution in [0, 0.1) is 0 Å². The number of hydrogen-bond donors (Lipinski definition) is 1. The van der Waals surface area contributed by atoms with Gasteiger partial charge >= 0.3 is 0 Å². The first-order chi connectivity index (χ1) is 9.70. The van der Waals surface area contributed by atoms with Gasteiger partial charge in [0.05, 0.1) is 0 Å². The molecule has 2 rings (SSSR count). The Morgan fingerprint density at radius 2 is 1.70 bits per heavy atom. The summed E-state index contributed by atoms with van der Waals surface area (Å²) in [5.74, 6) is 0.625. The lowest BCUT2D eigenvalue weighted by atomic mass is 9.84. The average Bonchev–Trinajstić information content (AvgIpc) is 2.53. The first-order valence-corrected chi connectivity index (χ1v) is 7.54. The predicted molar refractivity (Wildman–Crippen MR) is 79.9 cm³/mol. The number of carbonyl (C=O) groups is 2. The van der Waals surface area contributed by atoms with Gasteiger partial charge in [-0.05, 0) is 24.3 Å². The highest BCUT2D eigenvalue weighted by atomic mass is 16.2. The van der Waals surface area contributed by atoms with Crippen LogP contribution in [0.2, 0.25) is 0 Å². The molecule has 108 valence electrons. The van der Waals surface area contributed by atoms with Gasteiger partial charge < -0.3 is 5.32 Å². The Bertz CT molecular complexity index is 458. The summed E-state index contributed by atoms with van der Waals surface area (Å²) >= 11 is 0. The summed E-state index contributed by atoms with van der Waals surface area (Å²) in [6.07, 6.45) is 7.07. The first-order valence-electron chi connectivity index (χ1n) is 7.54. The van der Waals surface area contributed by atoms with Crippen LogP contribution in [-0.4, -0.2) is 18.7 Å². The molecule has 0 aliphatic heterocycles. The molecule has 0 saturated heterocycles. The highest BCUT2D eigenvalue weighted by Gasteiger charge is 2.16. The third-order valence-corrected chi connectivity index (χ3v) is 4.17. The van der Waals surface area contributed by atoms with Crippen molar-refractivity contribution < 1.29 is 9.59 Å². The molecule has 1 fully saturated rings. The van der Waals surface area contributed by atoms with Crippen molar-refractivity contribution in [3.63, 3.8) is 0 Å². The van der Waals surface area contributed by atoms with E-state index in [0.29, 0.717) is 11.5 Å². The maximum Gasteiger partial charge on any atom is 0.220 e. The molecule has 20 heavy (non-hydrogen) atoms. The van der Waals surface area contributed by atoms with Crippen LogP contribution < -0.4 is 5.32 Å². The molecule has 0 radical (unpaired) electrons. The molecule has 0 heterocycles. The lowest BCUT2D eigenvalue weighted by molar-refractivity contribution is -0.120. The molecule has 1 aliphatic carbocycles. The lowest BCUT2D eigenvalue weighted by Gasteiger charge is -2.22. The number of benzene rings is 1. The highest BCUT2D eigenvalue weighted by molar-refractivity contribution is 5.97. The van der Waals surface area contributed by atoms with Gasteiger partial charge in [-0.25, -0.2) is 0 Å². The molecule has 0 unspecified atom stereocenters. The summed E-state index contributed by atoms with van der Waals surface area (Å²) in [6, 6.07) is 8.00. The average molecular weight is 273 g/mol. The van der Waals surface area contributed by atoms with E-state index in [9.17, 15) is 9.59 Å². The molecule has 1 amide bonds. The summed E-state index contributed by atoms with van der Waals surface area (Å²) in [4.78, 5) is 23.1. The van der Waals surface area contributed by atoms with E-state index in [1.807, 2.05) is 12.1 Å². The van der Waals surface area contributed by atoms with Crippen LogP contribution in [0.5, 0.6) is 0 Å².